The van der Waals surface area contributed by atoms with Crippen LogP contribution in [0.5, 0.6) is 0 Å². The van der Waals surface area contributed by atoms with E-state index in [1.807, 2.05) is 13.8 Å². The van der Waals surface area contributed by atoms with Gasteiger partial charge in [0.2, 0.25) is 9.84 Å². The number of unbranched alkanes of at least 4 members (excludes halogenated alkanes) is 1. The Balaban J connectivity index is 0.00000191. The zero-order valence-electron chi connectivity index (χ0n) is 12.1. The van der Waals surface area contributed by atoms with Crippen molar-refractivity contribution in [1.29, 1.82) is 0 Å². The number of non-ortho nitro benzene ring substituents is 1. The minimum absolute atomic E-state index is 0.106. The fourth-order valence-corrected chi connectivity index (χ4v) is 2.74. The second kappa shape index (κ2) is 6.05. The molecule has 122 valence electrons. The molecule has 0 aliphatic carbocycles. The highest BCUT2D eigenvalue weighted by Gasteiger charge is 2.62. The molecule has 0 heterocycles. The molecule has 0 aromatic heterocycles. The molecule has 0 radical (unpaired) electrons. The quantitative estimate of drug-likeness (QED) is 0.342. The molecule has 0 N–H and O–H groups in total. The summed E-state index contributed by atoms with van der Waals surface area (Å²) >= 11 is 0. The van der Waals surface area contributed by atoms with E-state index in [1.165, 1.54) is 0 Å². The Kier molecular flexibility index (Phi) is 5.59. The topological polar surface area (TPSA) is 43.1 Å². The van der Waals surface area contributed by atoms with E-state index >= 15 is 0 Å². The Morgan fingerprint density at radius 3 is 2.00 bits per heavy atom. The van der Waals surface area contributed by atoms with Crippen LogP contribution in [0, 0.1) is 10.1 Å². The SMILES string of the molecule is CC.CCC/C=C/S(F)(F)(F)(F)c1ccc([N+](=O)[O-])cc1. The number of nitro groups is 1. The molecule has 1 aromatic rings. The average Bonchev–Trinajstić information content (AvgIpc) is 2.40. The van der Waals surface area contributed by atoms with E-state index in [2.05, 4.69) is 0 Å². The van der Waals surface area contributed by atoms with Gasteiger partial charge in [0.1, 0.15) is 0 Å². The van der Waals surface area contributed by atoms with Gasteiger partial charge in [0.05, 0.1) is 9.82 Å². The molecular formula is C13H19F4NO2S. The first-order chi connectivity index (χ1) is 9.49. The number of benzene rings is 1. The highest BCUT2D eigenvalue weighted by molar-refractivity contribution is 8.52. The fraction of sp³-hybridized carbons (Fsp3) is 0.385. The maximum Gasteiger partial charge on any atom is 0.269 e. The van der Waals surface area contributed by atoms with Gasteiger partial charge in [-0.05, 0) is 18.6 Å². The molecule has 1 aromatic carbocycles. The molecular weight excluding hydrogens is 310 g/mol. The van der Waals surface area contributed by atoms with Gasteiger partial charge in [0.25, 0.3) is 5.69 Å². The Labute approximate surface area is 121 Å². The lowest BCUT2D eigenvalue weighted by Crippen LogP contribution is -2.10. The van der Waals surface area contributed by atoms with Gasteiger partial charge in [-0.25, -0.2) is 0 Å². The summed E-state index contributed by atoms with van der Waals surface area (Å²) in [5.74, 6) is 0. The Morgan fingerprint density at radius 2 is 1.62 bits per heavy atom. The molecule has 0 fully saturated rings. The summed E-state index contributed by atoms with van der Waals surface area (Å²) in [5, 5.41) is 10.0. The van der Waals surface area contributed by atoms with Crippen molar-refractivity contribution < 1.29 is 20.5 Å². The molecule has 0 bridgehead atoms. The van der Waals surface area contributed by atoms with Gasteiger partial charge in [-0.3, -0.25) is 10.1 Å². The lowest BCUT2D eigenvalue weighted by atomic mass is 10.3. The zero-order chi connectivity index (χ0) is 16.8. The van der Waals surface area contributed by atoms with Crippen molar-refractivity contribution in [3.63, 3.8) is 0 Å². The number of nitrogens with zero attached hydrogens (tertiary/aromatic N) is 1. The minimum atomic E-state index is -8.50. The Hall–Kier alpha value is -1.57. The van der Waals surface area contributed by atoms with Crippen LogP contribution in [0.25, 0.3) is 0 Å². The zero-order valence-corrected chi connectivity index (χ0v) is 12.9. The lowest BCUT2D eigenvalue weighted by molar-refractivity contribution is -0.384. The molecule has 0 aliphatic heterocycles. The van der Waals surface area contributed by atoms with E-state index in [0.29, 0.717) is 30.7 Å². The van der Waals surface area contributed by atoms with Crippen LogP contribution in [-0.4, -0.2) is 4.92 Å². The largest absolute Gasteiger partial charge is 0.269 e. The molecule has 21 heavy (non-hydrogen) atoms. The maximum atomic E-state index is 13.7. The third-order valence-corrected chi connectivity index (χ3v) is 4.36. The predicted octanol–water partition coefficient (Wildman–Crippen LogP) is 6.71. The van der Waals surface area contributed by atoms with Crippen LogP contribution >= 0.6 is 9.84 Å². The number of hydrogen-bond acceptors (Lipinski definition) is 2. The molecule has 0 aliphatic rings. The summed E-state index contributed by atoms with van der Waals surface area (Å²) in [4.78, 5) is 8.03. The maximum absolute atomic E-state index is 13.7. The van der Waals surface area contributed by atoms with Gasteiger partial charge < -0.3 is 0 Å². The summed E-state index contributed by atoms with van der Waals surface area (Å²) in [6.07, 6.45) is 1.31. The van der Waals surface area contributed by atoms with Crippen molar-refractivity contribution in [1.82, 2.24) is 0 Å². The van der Waals surface area contributed by atoms with Crippen LogP contribution in [-0.2, 0) is 0 Å². The van der Waals surface area contributed by atoms with Gasteiger partial charge in [-0.1, -0.05) is 33.3 Å². The van der Waals surface area contributed by atoms with Gasteiger partial charge >= 0.3 is 0 Å². The Bertz CT molecular complexity index is 522. The van der Waals surface area contributed by atoms with E-state index in [9.17, 15) is 25.7 Å². The molecule has 0 saturated carbocycles. The first-order valence-corrected chi connectivity index (χ1v) is 8.53. The van der Waals surface area contributed by atoms with Crippen molar-refractivity contribution >= 4 is 15.5 Å². The van der Waals surface area contributed by atoms with Crippen LogP contribution in [0.4, 0.5) is 21.2 Å². The van der Waals surface area contributed by atoms with Crippen molar-refractivity contribution in [2.75, 3.05) is 0 Å². The van der Waals surface area contributed by atoms with Gasteiger partial charge in [0, 0.05) is 17.5 Å². The number of hydrogen-bond donors (Lipinski definition) is 0. The normalized spacial score (nSPS) is 14.8. The molecule has 0 spiro atoms. The molecule has 1 rings (SSSR count). The van der Waals surface area contributed by atoms with E-state index in [-0.39, 0.29) is 11.8 Å². The summed E-state index contributed by atoms with van der Waals surface area (Å²) < 4.78 is 54.9. The van der Waals surface area contributed by atoms with E-state index < -0.39 is 25.3 Å². The number of rotatable bonds is 5. The van der Waals surface area contributed by atoms with E-state index in [1.54, 1.807) is 6.92 Å². The summed E-state index contributed by atoms with van der Waals surface area (Å²) in [6, 6.07) is 2.08. The van der Waals surface area contributed by atoms with Crippen molar-refractivity contribution in [2.45, 2.75) is 38.5 Å². The first kappa shape index (κ1) is 19.4. The highest BCUT2D eigenvalue weighted by atomic mass is 32.5. The van der Waals surface area contributed by atoms with Crippen LogP contribution in [0.15, 0.2) is 40.6 Å². The van der Waals surface area contributed by atoms with Gasteiger partial charge in [-0.2, -0.15) is 0 Å². The smallest absolute Gasteiger partial charge is 0.258 e. The molecule has 0 atom stereocenters. The second-order valence-electron chi connectivity index (χ2n) is 4.04. The molecule has 0 amide bonds. The molecule has 3 nitrogen and oxygen atoms in total. The number of nitro benzene ring substituents is 1. The summed E-state index contributed by atoms with van der Waals surface area (Å²) in [6.45, 7) is 5.67. The summed E-state index contributed by atoms with van der Waals surface area (Å²) in [7, 11) is -8.50. The molecule has 0 saturated heterocycles. The van der Waals surface area contributed by atoms with Crippen LogP contribution < -0.4 is 0 Å². The van der Waals surface area contributed by atoms with Gasteiger partial charge in [0.15, 0.2) is 0 Å². The third kappa shape index (κ3) is 5.37. The fourth-order valence-electron chi connectivity index (χ4n) is 1.36. The lowest BCUT2D eigenvalue weighted by Gasteiger charge is -2.47. The van der Waals surface area contributed by atoms with E-state index in [0.717, 1.165) is 6.08 Å². The molecule has 8 heteroatoms. The summed E-state index contributed by atoms with van der Waals surface area (Å²) in [5.41, 5.74) is -0.519. The Morgan fingerprint density at radius 1 is 1.14 bits per heavy atom. The standard InChI is InChI=1S/C11H13F4NO2S.C2H6/c1-2-3-4-9-19(12,13,14,15)11-7-5-10(6-8-11)16(17)18;1-2/h4-9H,2-3H2,1H3;1-2H3/b9-4+;. The van der Waals surface area contributed by atoms with Crippen molar-refractivity contribution in [3.8, 4) is 0 Å². The van der Waals surface area contributed by atoms with Gasteiger partial charge in [-0.15, -0.1) is 15.5 Å². The average molecular weight is 329 g/mol. The predicted molar refractivity (Wildman–Crippen MR) is 78.8 cm³/mol. The second-order valence-corrected chi connectivity index (χ2v) is 7.05. The number of halogens is 4. The van der Waals surface area contributed by atoms with Crippen LogP contribution in [0.1, 0.15) is 33.6 Å². The minimum Gasteiger partial charge on any atom is -0.258 e. The van der Waals surface area contributed by atoms with Crippen LogP contribution in [0.2, 0.25) is 0 Å². The highest BCUT2D eigenvalue weighted by Crippen LogP contribution is 3.01. The number of allylic oxidation sites excluding steroid dienone is 1. The van der Waals surface area contributed by atoms with Crippen molar-refractivity contribution in [3.05, 3.63) is 45.9 Å². The monoisotopic (exact) mass is 329 g/mol. The third-order valence-electron chi connectivity index (χ3n) is 2.37. The van der Waals surface area contributed by atoms with Crippen LogP contribution in [0.3, 0.4) is 0 Å². The van der Waals surface area contributed by atoms with Crippen molar-refractivity contribution in [2.24, 2.45) is 0 Å². The van der Waals surface area contributed by atoms with E-state index in [4.69, 9.17) is 0 Å². The first-order valence-electron chi connectivity index (χ1n) is 6.42. The molecule has 0 unspecified atom stereocenters.